The molecule has 98 valence electrons. The Morgan fingerprint density at radius 3 is 2.58 bits per heavy atom. The highest BCUT2D eigenvalue weighted by Crippen LogP contribution is 2.19. The van der Waals surface area contributed by atoms with Gasteiger partial charge < -0.3 is 11.1 Å². The van der Waals surface area contributed by atoms with Crippen molar-refractivity contribution in [2.24, 2.45) is 0 Å². The molecule has 3 nitrogen and oxygen atoms in total. The molecule has 0 saturated heterocycles. The Morgan fingerprint density at radius 1 is 1.21 bits per heavy atom. The predicted molar refractivity (Wildman–Crippen MR) is 77.6 cm³/mol. The maximum Gasteiger partial charge on any atom is 0.255 e. The van der Waals surface area contributed by atoms with Crippen LogP contribution in [0.15, 0.2) is 40.9 Å². The molecule has 19 heavy (non-hydrogen) atoms. The lowest BCUT2D eigenvalue weighted by Gasteiger charge is -2.07. The van der Waals surface area contributed by atoms with E-state index in [-0.39, 0.29) is 11.7 Å². The zero-order valence-corrected chi connectivity index (χ0v) is 11.8. The number of carbonyl (C=O) groups is 1. The largest absolute Gasteiger partial charge is 0.399 e. The Labute approximate surface area is 118 Å². The first-order valence-corrected chi connectivity index (χ1v) is 6.38. The fourth-order valence-corrected chi connectivity index (χ4v) is 2.27. The number of carbonyl (C=O) groups excluding carboxylic acids is 1. The van der Waals surface area contributed by atoms with Gasteiger partial charge in [0.1, 0.15) is 5.82 Å². The first kappa shape index (κ1) is 13.5. The van der Waals surface area contributed by atoms with Gasteiger partial charge in [0.2, 0.25) is 0 Å². The van der Waals surface area contributed by atoms with Gasteiger partial charge in [-0.1, -0.05) is 15.9 Å². The highest BCUT2D eigenvalue weighted by molar-refractivity contribution is 9.10. The summed E-state index contributed by atoms with van der Waals surface area (Å²) in [5.74, 6) is -0.720. The quantitative estimate of drug-likeness (QED) is 0.828. The second kappa shape index (κ2) is 5.40. The van der Waals surface area contributed by atoms with Crippen molar-refractivity contribution in [2.45, 2.75) is 6.92 Å². The number of rotatable bonds is 2. The van der Waals surface area contributed by atoms with E-state index in [1.807, 2.05) is 0 Å². The standard InChI is InChI=1S/C14H12BrFN2O/c1-8-2-11(16)7-13(3-8)18-14(19)9-4-10(15)6-12(17)5-9/h2-7H,17H2,1H3,(H,18,19). The molecule has 0 aromatic heterocycles. The van der Waals surface area contributed by atoms with Crippen LogP contribution in [0.3, 0.4) is 0 Å². The summed E-state index contributed by atoms with van der Waals surface area (Å²) in [6.07, 6.45) is 0. The third kappa shape index (κ3) is 3.54. The monoisotopic (exact) mass is 322 g/mol. The number of halogens is 2. The summed E-state index contributed by atoms with van der Waals surface area (Å²) >= 11 is 3.27. The van der Waals surface area contributed by atoms with Crippen molar-refractivity contribution in [3.05, 3.63) is 57.8 Å². The van der Waals surface area contributed by atoms with Gasteiger partial charge >= 0.3 is 0 Å². The minimum atomic E-state index is -0.385. The van der Waals surface area contributed by atoms with E-state index < -0.39 is 0 Å². The van der Waals surface area contributed by atoms with Crippen LogP contribution in [0, 0.1) is 12.7 Å². The topological polar surface area (TPSA) is 55.1 Å². The number of amides is 1. The molecule has 0 bridgehead atoms. The summed E-state index contributed by atoms with van der Waals surface area (Å²) in [5, 5.41) is 2.64. The fraction of sp³-hybridized carbons (Fsp3) is 0.0714. The van der Waals surface area contributed by atoms with Crippen LogP contribution < -0.4 is 11.1 Å². The minimum absolute atomic E-state index is 0.335. The average Bonchev–Trinajstić information content (AvgIpc) is 2.25. The van der Waals surface area contributed by atoms with Gasteiger partial charge in [-0.25, -0.2) is 4.39 Å². The number of nitrogens with two attached hydrogens (primary N) is 1. The lowest BCUT2D eigenvalue weighted by molar-refractivity contribution is 0.102. The van der Waals surface area contributed by atoms with Crippen molar-refractivity contribution in [2.75, 3.05) is 11.1 Å². The highest BCUT2D eigenvalue weighted by Gasteiger charge is 2.08. The van der Waals surface area contributed by atoms with Crippen molar-refractivity contribution in [1.29, 1.82) is 0 Å². The van der Waals surface area contributed by atoms with E-state index in [4.69, 9.17) is 5.73 Å². The van der Waals surface area contributed by atoms with Crippen LogP contribution in [0.1, 0.15) is 15.9 Å². The maximum absolute atomic E-state index is 13.2. The van der Waals surface area contributed by atoms with Crippen LogP contribution >= 0.6 is 15.9 Å². The highest BCUT2D eigenvalue weighted by atomic mass is 79.9. The summed E-state index contributed by atoms with van der Waals surface area (Å²) in [6.45, 7) is 1.76. The maximum atomic E-state index is 13.2. The molecule has 0 saturated carbocycles. The van der Waals surface area contributed by atoms with E-state index in [9.17, 15) is 9.18 Å². The van der Waals surface area contributed by atoms with E-state index >= 15 is 0 Å². The van der Waals surface area contributed by atoms with E-state index in [1.54, 1.807) is 31.2 Å². The smallest absolute Gasteiger partial charge is 0.255 e. The lowest BCUT2D eigenvalue weighted by atomic mass is 10.1. The predicted octanol–water partition coefficient (Wildman–Crippen LogP) is 3.73. The summed E-state index contributed by atoms with van der Waals surface area (Å²) in [5.41, 5.74) is 7.72. The van der Waals surface area contributed by atoms with Crippen molar-refractivity contribution >= 4 is 33.2 Å². The van der Waals surface area contributed by atoms with E-state index in [0.717, 1.165) is 5.56 Å². The SMILES string of the molecule is Cc1cc(F)cc(NC(=O)c2cc(N)cc(Br)c2)c1. The van der Waals surface area contributed by atoms with Crippen molar-refractivity contribution in [3.8, 4) is 0 Å². The van der Waals surface area contributed by atoms with Crippen LogP contribution in [0.2, 0.25) is 0 Å². The van der Waals surface area contributed by atoms with Gasteiger partial charge in [-0.05, 0) is 48.9 Å². The third-order valence-electron chi connectivity index (χ3n) is 2.48. The number of hydrogen-bond acceptors (Lipinski definition) is 2. The zero-order valence-electron chi connectivity index (χ0n) is 10.2. The first-order chi connectivity index (χ1) is 8.94. The van der Waals surface area contributed by atoms with Gasteiger partial charge in [-0.3, -0.25) is 4.79 Å². The Hall–Kier alpha value is -1.88. The number of nitrogens with one attached hydrogen (secondary N) is 1. The molecule has 0 spiro atoms. The van der Waals surface area contributed by atoms with Gasteiger partial charge in [-0.15, -0.1) is 0 Å². The lowest BCUT2D eigenvalue weighted by Crippen LogP contribution is -2.12. The van der Waals surface area contributed by atoms with E-state index in [1.165, 1.54) is 12.1 Å². The second-order valence-corrected chi connectivity index (χ2v) is 5.16. The first-order valence-electron chi connectivity index (χ1n) is 5.58. The van der Waals surface area contributed by atoms with Crippen LogP contribution in [0.4, 0.5) is 15.8 Å². The summed E-state index contributed by atoms with van der Waals surface area (Å²) in [7, 11) is 0. The van der Waals surface area contributed by atoms with Crippen LogP contribution in [-0.4, -0.2) is 5.91 Å². The summed E-state index contributed by atoms with van der Waals surface area (Å²) < 4.78 is 13.9. The number of benzene rings is 2. The number of anilines is 2. The molecule has 0 fully saturated rings. The van der Waals surface area contributed by atoms with Crippen LogP contribution in [-0.2, 0) is 0 Å². The van der Waals surface area contributed by atoms with Gasteiger partial charge in [0.15, 0.2) is 0 Å². The average molecular weight is 323 g/mol. The molecule has 0 aliphatic heterocycles. The molecule has 2 aromatic rings. The molecule has 0 aliphatic rings. The molecule has 0 aliphatic carbocycles. The van der Waals surface area contributed by atoms with Crippen molar-refractivity contribution < 1.29 is 9.18 Å². The fourth-order valence-electron chi connectivity index (χ4n) is 1.76. The van der Waals surface area contributed by atoms with Gasteiger partial charge in [0, 0.05) is 21.4 Å². The second-order valence-electron chi connectivity index (χ2n) is 4.24. The number of nitrogen functional groups attached to an aromatic ring is 1. The Bertz CT molecular complexity index is 603. The molecule has 0 unspecified atom stereocenters. The molecule has 3 N–H and O–H groups in total. The molecule has 1 amide bonds. The minimum Gasteiger partial charge on any atom is -0.399 e. The van der Waals surface area contributed by atoms with Gasteiger partial charge in [0.25, 0.3) is 5.91 Å². The number of aryl methyl sites for hydroxylation is 1. The zero-order chi connectivity index (χ0) is 14.0. The molecular weight excluding hydrogens is 311 g/mol. The van der Waals surface area contributed by atoms with Crippen LogP contribution in [0.5, 0.6) is 0 Å². The van der Waals surface area contributed by atoms with Gasteiger partial charge in [-0.2, -0.15) is 0 Å². The number of hydrogen-bond donors (Lipinski definition) is 2. The molecule has 5 heteroatoms. The molecule has 0 atom stereocenters. The normalized spacial score (nSPS) is 10.3. The Balaban J connectivity index is 2.25. The van der Waals surface area contributed by atoms with E-state index in [0.29, 0.717) is 21.4 Å². The molecule has 0 radical (unpaired) electrons. The van der Waals surface area contributed by atoms with E-state index in [2.05, 4.69) is 21.2 Å². The molecule has 0 heterocycles. The molecular formula is C14H12BrFN2O. The van der Waals surface area contributed by atoms with Crippen molar-refractivity contribution in [1.82, 2.24) is 0 Å². The summed E-state index contributed by atoms with van der Waals surface area (Å²) in [6, 6.07) is 9.27. The van der Waals surface area contributed by atoms with Crippen LogP contribution in [0.25, 0.3) is 0 Å². The Kier molecular flexibility index (Phi) is 3.85. The third-order valence-corrected chi connectivity index (χ3v) is 2.94. The summed E-state index contributed by atoms with van der Waals surface area (Å²) in [4.78, 5) is 12.0. The molecule has 2 rings (SSSR count). The van der Waals surface area contributed by atoms with Crippen molar-refractivity contribution in [3.63, 3.8) is 0 Å². The molecule has 2 aromatic carbocycles. The Morgan fingerprint density at radius 2 is 1.95 bits per heavy atom. The van der Waals surface area contributed by atoms with Gasteiger partial charge in [0.05, 0.1) is 0 Å².